The summed E-state index contributed by atoms with van der Waals surface area (Å²) in [5, 5.41) is 30.8. The second-order valence-corrected chi connectivity index (χ2v) is 17.7. The average Bonchev–Trinajstić information content (AvgIpc) is 4.22. The Hall–Kier alpha value is -7.22. The maximum absolute atomic E-state index is 13.5. The SMILES string of the molecule is Cc1ccc2c(NC(=O)N3c4nc(C(=O)CC5CC5)ccc4N4CCC[C@H]3C4)n[nH]c2n1.Cc1ccc2c(NC(=O)N3c4nc(C(=O)O)ccc4N4CCC[C@H]3C4)n[nH]c2n1.NC1CC1. The van der Waals surface area contributed by atoms with Gasteiger partial charge in [-0.1, -0.05) is 0 Å². The first-order chi connectivity index (χ1) is 31.5. The van der Waals surface area contributed by atoms with Crippen molar-refractivity contribution in [2.45, 2.75) is 89.8 Å². The molecule has 2 saturated carbocycles. The number of aryl methyl sites for hydroxylation is 2. The number of piperidine rings is 2. The van der Waals surface area contributed by atoms with Crippen molar-refractivity contribution < 1.29 is 24.3 Å². The van der Waals surface area contributed by atoms with Gasteiger partial charge in [0.25, 0.3) is 0 Å². The Morgan fingerprint density at radius 3 is 1.60 bits per heavy atom. The van der Waals surface area contributed by atoms with Gasteiger partial charge in [0, 0.05) is 50.0 Å². The zero-order chi connectivity index (χ0) is 44.9. The molecule has 6 aromatic rings. The number of amides is 4. The van der Waals surface area contributed by atoms with Gasteiger partial charge in [-0.3, -0.25) is 35.4 Å². The molecule has 4 amide bonds. The Morgan fingerprint density at radius 1 is 0.662 bits per heavy atom. The molecule has 336 valence electrons. The highest BCUT2D eigenvalue weighted by molar-refractivity contribution is 6.09. The molecule has 0 radical (unpaired) electrons. The van der Waals surface area contributed by atoms with E-state index in [1.807, 2.05) is 50.2 Å². The van der Waals surface area contributed by atoms with E-state index >= 15 is 0 Å². The van der Waals surface area contributed by atoms with Gasteiger partial charge in [0.1, 0.15) is 5.69 Å². The number of aromatic amines is 2. The van der Waals surface area contributed by atoms with Crippen molar-refractivity contribution in [3.8, 4) is 0 Å². The highest BCUT2D eigenvalue weighted by Gasteiger charge is 2.41. The fourth-order valence-corrected chi connectivity index (χ4v) is 8.95. The maximum Gasteiger partial charge on any atom is 0.354 e. The summed E-state index contributed by atoms with van der Waals surface area (Å²) in [7, 11) is 0. The molecule has 20 heteroatoms. The third-order valence-electron chi connectivity index (χ3n) is 12.7. The van der Waals surface area contributed by atoms with Gasteiger partial charge in [-0.25, -0.2) is 34.3 Å². The third kappa shape index (κ3) is 8.60. The fourth-order valence-electron chi connectivity index (χ4n) is 8.95. The van der Waals surface area contributed by atoms with Crippen LogP contribution in [-0.2, 0) is 0 Å². The number of anilines is 6. The molecule has 65 heavy (non-hydrogen) atoms. The first-order valence-electron chi connectivity index (χ1n) is 22.4. The zero-order valence-electron chi connectivity index (χ0n) is 36.3. The van der Waals surface area contributed by atoms with Gasteiger partial charge in [-0.2, -0.15) is 10.2 Å². The number of carbonyl (C=O) groups excluding carboxylic acids is 3. The number of hydrogen-bond donors (Lipinski definition) is 6. The Morgan fingerprint density at radius 2 is 1.14 bits per heavy atom. The molecule has 20 nitrogen and oxygen atoms in total. The Bertz CT molecular complexity index is 2840. The predicted octanol–water partition coefficient (Wildman–Crippen LogP) is 6.15. The number of hydrogen-bond acceptors (Lipinski definition) is 13. The second-order valence-electron chi connectivity index (χ2n) is 17.7. The van der Waals surface area contributed by atoms with Crippen LogP contribution in [0.2, 0.25) is 0 Å². The second kappa shape index (κ2) is 17.1. The summed E-state index contributed by atoms with van der Waals surface area (Å²) in [6.45, 7) is 7.04. The maximum atomic E-state index is 13.5. The summed E-state index contributed by atoms with van der Waals surface area (Å²) in [4.78, 5) is 76.4. The number of fused-ring (bicyclic) bond motifs is 10. The molecule has 12 rings (SSSR count). The van der Waals surface area contributed by atoms with Crippen molar-refractivity contribution in [3.05, 3.63) is 71.3 Å². The van der Waals surface area contributed by atoms with Crippen LogP contribution in [0, 0.1) is 19.8 Å². The number of Topliss-reactive ketones (excluding diaryl/α,β-unsaturated/α-hetero) is 1. The van der Waals surface area contributed by atoms with Crippen molar-refractivity contribution >= 4 is 80.5 Å². The van der Waals surface area contributed by atoms with Crippen molar-refractivity contribution in [2.24, 2.45) is 11.7 Å². The topological polar surface area (TPSA) is 260 Å². The van der Waals surface area contributed by atoms with Crippen LogP contribution in [0.5, 0.6) is 0 Å². The number of ketones is 1. The number of H-pyrrole nitrogens is 2. The number of pyridine rings is 4. The molecule has 4 aliphatic heterocycles. The molecular formula is C45H51N15O5. The van der Waals surface area contributed by atoms with E-state index in [1.54, 1.807) is 15.9 Å². The Labute approximate surface area is 373 Å². The summed E-state index contributed by atoms with van der Waals surface area (Å²) >= 11 is 0. The van der Waals surface area contributed by atoms with E-state index in [2.05, 4.69) is 55.8 Å². The number of rotatable bonds is 6. The minimum absolute atomic E-state index is 0.00288. The summed E-state index contributed by atoms with van der Waals surface area (Å²) in [5.41, 5.74) is 10.2. The van der Waals surface area contributed by atoms with E-state index in [-0.39, 0.29) is 35.6 Å². The lowest BCUT2D eigenvalue weighted by atomic mass is 9.99. The number of nitrogens with one attached hydrogen (secondary N) is 4. The molecule has 2 aliphatic carbocycles. The van der Waals surface area contributed by atoms with E-state index in [1.165, 1.54) is 18.9 Å². The van der Waals surface area contributed by atoms with Crippen LogP contribution in [0.15, 0.2) is 48.5 Å². The van der Waals surface area contributed by atoms with Gasteiger partial charge in [0.05, 0.1) is 34.2 Å². The van der Waals surface area contributed by atoms with E-state index < -0.39 is 5.97 Å². The molecule has 2 atom stereocenters. The molecule has 0 aromatic carbocycles. The minimum atomic E-state index is -1.13. The van der Waals surface area contributed by atoms with E-state index in [0.717, 1.165) is 86.3 Å². The van der Waals surface area contributed by atoms with Crippen LogP contribution in [0.3, 0.4) is 0 Å². The zero-order valence-corrected chi connectivity index (χ0v) is 36.3. The largest absolute Gasteiger partial charge is 0.477 e. The molecule has 10 heterocycles. The molecule has 6 aromatic heterocycles. The number of aromatic carboxylic acids is 1. The number of carbonyl (C=O) groups is 4. The lowest BCUT2D eigenvalue weighted by Gasteiger charge is -2.45. The van der Waals surface area contributed by atoms with Gasteiger partial charge in [-0.05, 0) is 120 Å². The normalized spacial score (nSPS) is 19.3. The molecule has 2 saturated heterocycles. The molecule has 6 aliphatic rings. The fraction of sp³-hybridized carbons (Fsp3) is 0.422. The summed E-state index contributed by atoms with van der Waals surface area (Å²) in [6, 6.07) is 14.3. The molecule has 0 spiro atoms. The number of nitrogens with zero attached hydrogens (tertiary/aromatic N) is 10. The molecule has 0 unspecified atom stereocenters. The number of aromatic nitrogens is 8. The van der Waals surface area contributed by atoms with Crippen LogP contribution in [0.4, 0.5) is 44.2 Å². The van der Waals surface area contributed by atoms with Gasteiger partial charge >= 0.3 is 18.0 Å². The molecule has 7 N–H and O–H groups in total. The Balaban J connectivity index is 0.000000142. The summed E-state index contributed by atoms with van der Waals surface area (Å²) < 4.78 is 0. The minimum Gasteiger partial charge on any atom is -0.477 e. The number of urea groups is 2. The lowest BCUT2D eigenvalue weighted by molar-refractivity contribution is 0.0690. The van der Waals surface area contributed by atoms with Gasteiger partial charge in [0.15, 0.2) is 46.0 Å². The van der Waals surface area contributed by atoms with Crippen molar-refractivity contribution in [1.29, 1.82) is 0 Å². The predicted molar refractivity (Wildman–Crippen MR) is 245 cm³/mol. The van der Waals surface area contributed by atoms with Crippen LogP contribution in [-0.4, -0.2) is 114 Å². The van der Waals surface area contributed by atoms with Gasteiger partial charge in [0.2, 0.25) is 0 Å². The molecule has 4 bridgehead atoms. The summed E-state index contributed by atoms with van der Waals surface area (Å²) in [6.07, 6.45) is 8.97. The quantitative estimate of drug-likeness (QED) is 0.103. The first-order valence-corrected chi connectivity index (χ1v) is 22.4. The van der Waals surface area contributed by atoms with Crippen molar-refractivity contribution in [3.63, 3.8) is 0 Å². The lowest BCUT2D eigenvalue weighted by Crippen LogP contribution is -2.56. The van der Waals surface area contributed by atoms with Crippen LogP contribution >= 0.6 is 0 Å². The van der Waals surface area contributed by atoms with Crippen molar-refractivity contribution in [1.82, 2.24) is 40.3 Å². The highest BCUT2D eigenvalue weighted by Crippen LogP contribution is 2.41. The van der Waals surface area contributed by atoms with E-state index in [0.29, 0.717) is 70.6 Å². The van der Waals surface area contributed by atoms with E-state index in [4.69, 9.17) is 10.7 Å². The number of carboxylic acid groups (broad SMARTS) is 1. The molecular weight excluding hydrogens is 831 g/mol. The molecule has 4 fully saturated rings. The van der Waals surface area contributed by atoms with Crippen LogP contribution < -0.4 is 36.0 Å². The van der Waals surface area contributed by atoms with Crippen molar-refractivity contribution in [2.75, 3.05) is 56.4 Å². The van der Waals surface area contributed by atoms with Gasteiger partial charge < -0.3 is 20.6 Å². The number of nitrogens with two attached hydrogens (primary N) is 1. The van der Waals surface area contributed by atoms with Gasteiger partial charge in [-0.15, -0.1) is 0 Å². The average molecular weight is 882 g/mol. The summed E-state index contributed by atoms with van der Waals surface area (Å²) in [5.74, 6) is 1.18. The van der Waals surface area contributed by atoms with E-state index in [9.17, 15) is 24.3 Å². The van der Waals surface area contributed by atoms with Crippen LogP contribution in [0.25, 0.3) is 22.1 Å². The Kier molecular flexibility index (Phi) is 11.0. The van der Waals surface area contributed by atoms with Crippen LogP contribution in [0.1, 0.15) is 90.2 Å². The first kappa shape index (κ1) is 41.8. The number of carboxylic acids is 1. The standard InChI is InChI=1S/C23H25N7O2.C19H19N7O3.C3H7N/c1-13-4-7-16-20(24-13)27-28-21(16)26-23(32)30-15-3-2-10-29(12-15)18-9-8-17(25-22(18)30)19(31)11-14-5-6-14;1-10-4-5-12-15(20-10)23-24-16(12)22-19(29)26-11-3-2-8-25(9-11)14-7-6-13(18(27)28)21-17(14)26;4-3-1-2-3/h4,7-9,14-15H,2-3,5-6,10-12H2,1H3,(H2,24,26,27,28,32);4-7,11H,2-3,8-9H2,1H3,(H,27,28)(H2,20,22,23,24,29);3H,1-2,4H2/t15-;11-;/m00./s1. The highest BCUT2D eigenvalue weighted by atomic mass is 16.4. The monoisotopic (exact) mass is 881 g/mol. The third-order valence-corrected chi connectivity index (χ3v) is 12.7. The smallest absolute Gasteiger partial charge is 0.354 e.